The van der Waals surface area contributed by atoms with Gasteiger partial charge in [0.05, 0.1) is 29.5 Å². The fourth-order valence-electron chi connectivity index (χ4n) is 4.67. The summed E-state index contributed by atoms with van der Waals surface area (Å²) in [6, 6.07) is 0. The van der Waals surface area contributed by atoms with Gasteiger partial charge in [-0.3, -0.25) is 9.69 Å². The molecular weight excluding hydrogens is 390 g/mol. The Morgan fingerprint density at radius 3 is 2.72 bits per heavy atom. The van der Waals surface area contributed by atoms with Gasteiger partial charge in [0.15, 0.2) is 0 Å². The number of piperidine rings is 1. The van der Waals surface area contributed by atoms with Crippen LogP contribution in [0.2, 0.25) is 0 Å². The number of likely N-dealkylation sites (tertiary alicyclic amines) is 1. The van der Waals surface area contributed by atoms with Crippen LogP contribution in [0.5, 0.6) is 0 Å². The van der Waals surface area contributed by atoms with Gasteiger partial charge in [-0.15, -0.1) is 11.3 Å². The molecule has 0 saturated carbocycles. The fourth-order valence-corrected chi connectivity index (χ4v) is 5.65. The summed E-state index contributed by atoms with van der Waals surface area (Å²) in [5.74, 6) is 0.106. The summed E-state index contributed by atoms with van der Waals surface area (Å²) >= 11 is 1.77. The molecule has 4 heterocycles. The molecule has 1 amide bonds. The third-order valence-corrected chi connectivity index (χ3v) is 7.76. The Bertz CT molecular complexity index is 746. The number of hydrogen-bond donors (Lipinski definition) is 0. The van der Waals surface area contributed by atoms with E-state index in [2.05, 4.69) is 30.7 Å². The average Bonchev–Trinajstić information content (AvgIpc) is 3.24. The minimum absolute atomic E-state index is 0.106. The van der Waals surface area contributed by atoms with E-state index in [-0.39, 0.29) is 17.1 Å². The second-order valence-corrected chi connectivity index (χ2v) is 10.3. The van der Waals surface area contributed by atoms with E-state index in [0.717, 1.165) is 56.3 Å². The number of amides is 1. The molecule has 1 aromatic heterocycles. The molecule has 3 aliphatic heterocycles. The second kappa shape index (κ2) is 8.23. The van der Waals surface area contributed by atoms with E-state index in [1.54, 1.807) is 18.4 Å². The summed E-state index contributed by atoms with van der Waals surface area (Å²) in [5.41, 5.74) is 0.634. The van der Waals surface area contributed by atoms with Crippen LogP contribution >= 0.6 is 11.3 Å². The number of aryl methyl sites for hydroxylation is 2. The number of thiazole rings is 1. The maximum atomic E-state index is 13.0. The van der Waals surface area contributed by atoms with Crippen molar-refractivity contribution < 1.29 is 19.0 Å². The van der Waals surface area contributed by atoms with Gasteiger partial charge in [-0.25, -0.2) is 4.98 Å². The SMILES string of the molecule is COC1(C)CCN(C(=O)[C@@H]2C[C@]3(CO2)CN(Cc2sc(C)nc2C)CCO3)CC1. The number of methoxy groups -OCH3 is 1. The van der Waals surface area contributed by atoms with Crippen molar-refractivity contribution in [3.8, 4) is 0 Å². The highest BCUT2D eigenvalue weighted by Gasteiger charge is 2.48. The zero-order chi connectivity index (χ0) is 20.6. The molecule has 3 saturated heterocycles. The van der Waals surface area contributed by atoms with E-state index in [4.69, 9.17) is 14.2 Å². The molecule has 1 spiro atoms. The molecule has 7 nitrogen and oxygen atoms in total. The van der Waals surface area contributed by atoms with E-state index in [1.807, 2.05) is 4.90 Å². The third-order valence-electron chi connectivity index (χ3n) is 6.70. The van der Waals surface area contributed by atoms with Crippen molar-refractivity contribution in [2.24, 2.45) is 0 Å². The quantitative estimate of drug-likeness (QED) is 0.739. The molecule has 0 unspecified atom stereocenters. The lowest BCUT2D eigenvalue weighted by atomic mass is 9.92. The minimum atomic E-state index is -0.394. The van der Waals surface area contributed by atoms with Crippen LogP contribution in [0.15, 0.2) is 0 Å². The first-order valence-corrected chi connectivity index (χ1v) is 11.4. The highest BCUT2D eigenvalue weighted by molar-refractivity contribution is 7.11. The Hall–Kier alpha value is -1.06. The summed E-state index contributed by atoms with van der Waals surface area (Å²) in [7, 11) is 1.75. The Balaban J connectivity index is 1.34. The highest BCUT2D eigenvalue weighted by Crippen LogP contribution is 2.34. The van der Waals surface area contributed by atoms with Gasteiger partial charge in [0.25, 0.3) is 5.91 Å². The van der Waals surface area contributed by atoms with Crippen molar-refractivity contribution in [3.05, 3.63) is 15.6 Å². The number of hydrogen-bond acceptors (Lipinski definition) is 7. The Labute approximate surface area is 177 Å². The van der Waals surface area contributed by atoms with Gasteiger partial charge >= 0.3 is 0 Å². The molecule has 0 radical (unpaired) electrons. The standard InChI is InChI=1S/C21H33N3O4S/c1-15-18(29-16(2)22-15)12-23-9-10-28-21(13-23)11-17(27-14-21)19(25)24-7-5-20(3,26-4)6-8-24/h17H,5-14H2,1-4H3/t17-,21+/m0/s1. The zero-order valence-corrected chi connectivity index (χ0v) is 18.8. The monoisotopic (exact) mass is 423 g/mol. The number of nitrogens with zero attached hydrogens (tertiary/aromatic N) is 3. The zero-order valence-electron chi connectivity index (χ0n) is 18.0. The topological polar surface area (TPSA) is 64.1 Å². The van der Waals surface area contributed by atoms with Crippen molar-refractivity contribution in [1.29, 1.82) is 0 Å². The smallest absolute Gasteiger partial charge is 0.251 e. The van der Waals surface area contributed by atoms with Gasteiger partial charge in [-0.2, -0.15) is 0 Å². The van der Waals surface area contributed by atoms with Gasteiger partial charge in [-0.05, 0) is 33.6 Å². The highest BCUT2D eigenvalue weighted by atomic mass is 32.1. The molecular formula is C21H33N3O4S. The Kier molecular flexibility index (Phi) is 6.01. The summed E-state index contributed by atoms with van der Waals surface area (Å²) < 4.78 is 17.8. The molecule has 1 aromatic rings. The molecule has 0 aliphatic carbocycles. The number of rotatable bonds is 4. The molecule has 4 rings (SSSR count). The van der Waals surface area contributed by atoms with Crippen LogP contribution in [0.4, 0.5) is 0 Å². The molecule has 0 aromatic carbocycles. The van der Waals surface area contributed by atoms with Crippen LogP contribution in [-0.2, 0) is 25.5 Å². The number of morpholine rings is 1. The first-order valence-electron chi connectivity index (χ1n) is 10.6. The Morgan fingerprint density at radius 1 is 1.31 bits per heavy atom. The maximum Gasteiger partial charge on any atom is 0.251 e. The van der Waals surface area contributed by atoms with Crippen molar-refractivity contribution in [2.75, 3.05) is 46.5 Å². The van der Waals surface area contributed by atoms with Crippen LogP contribution < -0.4 is 0 Å². The lowest BCUT2D eigenvalue weighted by Gasteiger charge is -2.40. The average molecular weight is 424 g/mol. The molecule has 162 valence electrons. The minimum Gasteiger partial charge on any atom is -0.378 e. The van der Waals surface area contributed by atoms with Crippen molar-refractivity contribution >= 4 is 17.2 Å². The number of carbonyl (C=O) groups excluding carboxylic acids is 1. The summed E-state index contributed by atoms with van der Waals surface area (Å²) in [5, 5.41) is 1.11. The molecule has 0 bridgehead atoms. The van der Waals surface area contributed by atoms with E-state index >= 15 is 0 Å². The van der Waals surface area contributed by atoms with Crippen LogP contribution in [-0.4, -0.2) is 84.5 Å². The van der Waals surface area contributed by atoms with Gasteiger partial charge in [-0.1, -0.05) is 0 Å². The fraction of sp³-hybridized carbons (Fsp3) is 0.810. The van der Waals surface area contributed by atoms with Gasteiger partial charge < -0.3 is 19.1 Å². The van der Waals surface area contributed by atoms with Crippen molar-refractivity contribution in [1.82, 2.24) is 14.8 Å². The molecule has 3 fully saturated rings. The molecule has 29 heavy (non-hydrogen) atoms. The van der Waals surface area contributed by atoms with Gasteiger partial charge in [0.2, 0.25) is 0 Å². The van der Waals surface area contributed by atoms with Crippen LogP contribution in [0.3, 0.4) is 0 Å². The van der Waals surface area contributed by atoms with Crippen LogP contribution in [0.25, 0.3) is 0 Å². The first kappa shape index (κ1) is 21.2. The second-order valence-electron chi connectivity index (χ2n) is 8.97. The number of carbonyl (C=O) groups is 1. The Morgan fingerprint density at radius 2 is 2.07 bits per heavy atom. The van der Waals surface area contributed by atoms with E-state index in [0.29, 0.717) is 19.6 Å². The number of aromatic nitrogens is 1. The van der Waals surface area contributed by atoms with Crippen molar-refractivity contribution in [2.45, 2.75) is 63.9 Å². The molecule has 0 N–H and O–H groups in total. The first-order chi connectivity index (χ1) is 13.8. The molecule has 8 heteroatoms. The summed E-state index contributed by atoms with van der Waals surface area (Å²) in [6.07, 6.45) is 1.98. The largest absolute Gasteiger partial charge is 0.378 e. The van der Waals surface area contributed by atoms with E-state index in [1.165, 1.54) is 4.88 Å². The van der Waals surface area contributed by atoms with Crippen LogP contribution in [0.1, 0.15) is 41.8 Å². The van der Waals surface area contributed by atoms with E-state index < -0.39 is 6.10 Å². The van der Waals surface area contributed by atoms with Gasteiger partial charge in [0, 0.05) is 51.1 Å². The third kappa shape index (κ3) is 4.51. The van der Waals surface area contributed by atoms with E-state index in [9.17, 15) is 4.79 Å². The number of ether oxygens (including phenoxy) is 3. The summed E-state index contributed by atoms with van der Waals surface area (Å²) in [6.45, 7) is 11.5. The predicted octanol–water partition coefficient (Wildman–Crippen LogP) is 2.15. The van der Waals surface area contributed by atoms with Crippen LogP contribution in [0, 0.1) is 13.8 Å². The summed E-state index contributed by atoms with van der Waals surface area (Å²) in [4.78, 5) is 23.3. The lowest BCUT2D eigenvalue weighted by Crippen LogP contribution is -2.53. The molecule has 2 atom stereocenters. The lowest BCUT2D eigenvalue weighted by molar-refractivity contribution is -0.145. The van der Waals surface area contributed by atoms with Crippen molar-refractivity contribution in [3.63, 3.8) is 0 Å². The normalized spacial score (nSPS) is 30.2. The maximum absolute atomic E-state index is 13.0. The predicted molar refractivity (Wildman–Crippen MR) is 111 cm³/mol. The van der Waals surface area contributed by atoms with Gasteiger partial charge in [0.1, 0.15) is 11.7 Å². The molecule has 3 aliphatic rings.